The lowest BCUT2D eigenvalue weighted by Gasteiger charge is -2.25. The average Bonchev–Trinajstić information content (AvgIpc) is 3.31. The number of ether oxygens (including phenoxy) is 1. The molecule has 2 amide bonds. The maximum Gasteiger partial charge on any atom is 0.251 e. The summed E-state index contributed by atoms with van der Waals surface area (Å²) in [5, 5.41) is 6.82. The molecule has 0 bridgehead atoms. The van der Waals surface area contributed by atoms with Crippen molar-refractivity contribution in [1.82, 2.24) is 15.4 Å². The molecule has 1 fully saturated rings. The molecule has 0 aliphatic carbocycles. The van der Waals surface area contributed by atoms with Crippen LogP contribution >= 0.6 is 0 Å². The zero-order valence-electron chi connectivity index (χ0n) is 18.2. The van der Waals surface area contributed by atoms with Crippen LogP contribution in [0.5, 0.6) is 5.75 Å². The number of likely N-dealkylation sites (tertiary alicyclic amines) is 1. The molecule has 3 rings (SSSR count). The number of benzene rings is 1. The fraction of sp³-hybridized carbons (Fsp3) is 0.522. The van der Waals surface area contributed by atoms with Crippen LogP contribution in [0.4, 0.5) is 0 Å². The summed E-state index contributed by atoms with van der Waals surface area (Å²) in [6.45, 7) is 8.86. The van der Waals surface area contributed by atoms with Crippen LogP contribution in [-0.4, -0.2) is 47.1 Å². The van der Waals surface area contributed by atoms with Crippen molar-refractivity contribution in [3.8, 4) is 5.75 Å². The van der Waals surface area contributed by atoms with Gasteiger partial charge in [0.2, 0.25) is 5.91 Å². The molecule has 1 saturated heterocycles. The van der Waals surface area contributed by atoms with Gasteiger partial charge in [0, 0.05) is 30.1 Å². The van der Waals surface area contributed by atoms with Crippen LogP contribution in [0.15, 0.2) is 28.8 Å². The first kappa shape index (κ1) is 21.9. The fourth-order valence-electron chi connectivity index (χ4n) is 3.81. The van der Waals surface area contributed by atoms with E-state index in [0.29, 0.717) is 30.8 Å². The van der Waals surface area contributed by atoms with Gasteiger partial charge in [-0.2, -0.15) is 0 Å². The van der Waals surface area contributed by atoms with Crippen LogP contribution in [0, 0.1) is 13.8 Å². The van der Waals surface area contributed by atoms with E-state index in [1.807, 2.05) is 32.6 Å². The fourth-order valence-corrected chi connectivity index (χ4v) is 3.81. The third-order valence-corrected chi connectivity index (χ3v) is 5.45. The van der Waals surface area contributed by atoms with E-state index >= 15 is 0 Å². The van der Waals surface area contributed by atoms with Gasteiger partial charge in [0.15, 0.2) is 0 Å². The van der Waals surface area contributed by atoms with Gasteiger partial charge in [0.05, 0.1) is 11.7 Å². The number of nitrogens with one attached hydrogen (secondary N) is 1. The van der Waals surface area contributed by atoms with Crippen molar-refractivity contribution < 1.29 is 18.8 Å². The molecular weight excluding hydrogens is 382 g/mol. The number of carbonyl (C=O) groups excluding carboxylic acids is 2. The molecule has 1 aromatic carbocycles. The highest BCUT2D eigenvalue weighted by Crippen LogP contribution is 2.22. The molecule has 2 aromatic rings. The van der Waals surface area contributed by atoms with Crippen molar-refractivity contribution in [3.63, 3.8) is 0 Å². The second-order valence-electron chi connectivity index (χ2n) is 8.15. The third-order valence-electron chi connectivity index (χ3n) is 5.45. The standard InChI is InChI=1S/C23H31N3O4/c1-15(2)24-23(28)18-7-9-20(10-8-18)29-14-19-6-5-13-26(19)22(27)12-11-21-16(3)25-30-17(21)4/h7-10,15,19H,5-6,11-14H2,1-4H3,(H,24,28). The largest absolute Gasteiger partial charge is 0.491 e. The van der Waals surface area contributed by atoms with Gasteiger partial charge >= 0.3 is 0 Å². The molecule has 1 aliphatic rings. The minimum atomic E-state index is -0.0950. The topological polar surface area (TPSA) is 84.7 Å². The molecule has 7 heteroatoms. The second kappa shape index (κ2) is 9.78. The van der Waals surface area contributed by atoms with Crippen molar-refractivity contribution in [1.29, 1.82) is 0 Å². The van der Waals surface area contributed by atoms with E-state index in [2.05, 4.69) is 10.5 Å². The maximum absolute atomic E-state index is 12.8. The summed E-state index contributed by atoms with van der Waals surface area (Å²) in [5.74, 6) is 1.53. The summed E-state index contributed by atoms with van der Waals surface area (Å²) in [7, 11) is 0. The van der Waals surface area contributed by atoms with E-state index in [-0.39, 0.29) is 23.9 Å². The number of hydrogen-bond donors (Lipinski definition) is 1. The Labute approximate surface area is 177 Å². The zero-order chi connectivity index (χ0) is 21.7. The van der Waals surface area contributed by atoms with E-state index in [4.69, 9.17) is 9.26 Å². The molecule has 1 unspecified atom stereocenters. The summed E-state index contributed by atoms with van der Waals surface area (Å²) in [4.78, 5) is 26.7. The predicted octanol–water partition coefficient (Wildman–Crippen LogP) is 3.43. The second-order valence-corrected chi connectivity index (χ2v) is 8.15. The molecule has 7 nitrogen and oxygen atoms in total. The summed E-state index contributed by atoms with van der Waals surface area (Å²) in [6.07, 6.45) is 3.01. The van der Waals surface area contributed by atoms with Crippen molar-refractivity contribution in [2.75, 3.05) is 13.2 Å². The lowest BCUT2D eigenvalue weighted by molar-refractivity contribution is -0.132. The lowest BCUT2D eigenvalue weighted by atomic mass is 10.1. The van der Waals surface area contributed by atoms with Crippen molar-refractivity contribution in [3.05, 3.63) is 46.8 Å². The van der Waals surface area contributed by atoms with Gasteiger partial charge in [0.1, 0.15) is 18.1 Å². The Kier molecular flexibility index (Phi) is 7.13. The van der Waals surface area contributed by atoms with Crippen LogP contribution in [-0.2, 0) is 11.2 Å². The Morgan fingerprint density at radius 1 is 1.27 bits per heavy atom. The minimum absolute atomic E-state index is 0.0751. The summed E-state index contributed by atoms with van der Waals surface area (Å²) in [5.41, 5.74) is 2.48. The number of aryl methyl sites for hydroxylation is 2. The van der Waals surface area contributed by atoms with Crippen LogP contribution in [0.25, 0.3) is 0 Å². The average molecular weight is 414 g/mol. The highest BCUT2D eigenvalue weighted by molar-refractivity contribution is 5.94. The lowest BCUT2D eigenvalue weighted by Crippen LogP contribution is -2.39. The number of rotatable bonds is 8. The van der Waals surface area contributed by atoms with Crippen LogP contribution in [0.1, 0.15) is 60.5 Å². The molecule has 1 atom stereocenters. The Bertz CT molecular complexity index is 854. The number of amides is 2. The number of nitrogens with zero attached hydrogens (tertiary/aromatic N) is 2. The van der Waals surface area contributed by atoms with Crippen molar-refractivity contribution >= 4 is 11.8 Å². The van der Waals surface area contributed by atoms with Gasteiger partial charge in [-0.05, 0) is 71.2 Å². The Balaban J connectivity index is 1.51. The molecule has 1 N–H and O–H groups in total. The predicted molar refractivity (Wildman–Crippen MR) is 114 cm³/mol. The molecule has 1 aromatic heterocycles. The highest BCUT2D eigenvalue weighted by Gasteiger charge is 2.29. The molecule has 0 radical (unpaired) electrons. The Morgan fingerprint density at radius 3 is 2.63 bits per heavy atom. The summed E-state index contributed by atoms with van der Waals surface area (Å²) in [6, 6.07) is 7.28. The summed E-state index contributed by atoms with van der Waals surface area (Å²) < 4.78 is 11.1. The van der Waals surface area contributed by atoms with E-state index in [1.54, 1.807) is 24.3 Å². The van der Waals surface area contributed by atoms with Gasteiger partial charge in [0.25, 0.3) is 5.91 Å². The van der Waals surface area contributed by atoms with E-state index in [0.717, 1.165) is 36.4 Å². The molecule has 0 saturated carbocycles. The molecule has 2 heterocycles. The van der Waals surface area contributed by atoms with Gasteiger partial charge in [-0.15, -0.1) is 0 Å². The number of carbonyl (C=O) groups is 2. The zero-order valence-corrected chi connectivity index (χ0v) is 18.2. The molecule has 162 valence electrons. The van der Waals surface area contributed by atoms with Crippen LogP contribution in [0.2, 0.25) is 0 Å². The van der Waals surface area contributed by atoms with Crippen molar-refractivity contribution in [2.45, 2.75) is 65.5 Å². The monoisotopic (exact) mass is 413 g/mol. The van der Waals surface area contributed by atoms with E-state index in [9.17, 15) is 9.59 Å². The minimum Gasteiger partial charge on any atom is -0.491 e. The smallest absolute Gasteiger partial charge is 0.251 e. The van der Waals surface area contributed by atoms with E-state index in [1.165, 1.54) is 0 Å². The molecule has 30 heavy (non-hydrogen) atoms. The number of aromatic nitrogens is 1. The van der Waals surface area contributed by atoms with Gasteiger partial charge in [-0.3, -0.25) is 9.59 Å². The Hall–Kier alpha value is -2.83. The third kappa shape index (κ3) is 5.40. The maximum atomic E-state index is 12.8. The van der Waals surface area contributed by atoms with Gasteiger partial charge < -0.3 is 19.5 Å². The van der Waals surface area contributed by atoms with Crippen molar-refractivity contribution in [2.24, 2.45) is 0 Å². The Morgan fingerprint density at radius 2 is 2.00 bits per heavy atom. The first-order valence-corrected chi connectivity index (χ1v) is 10.6. The normalized spacial score (nSPS) is 16.2. The first-order chi connectivity index (χ1) is 14.3. The summed E-state index contributed by atoms with van der Waals surface area (Å²) >= 11 is 0. The van der Waals surface area contributed by atoms with E-state index < -0.39 is 0 Å². The van der Waals surface area contributed by atoms with Gasteiger partial charge in [-0.25, -0.2) is 0 Å². The van der Waals surface area contributed by atoms with Gasteiger partial charge in [-0.1, -0.05) is 5.16 Å². The SMILES string of the molecule is Cc1noc(C)c1CCC(=O)N1CCCC1COc1ccc(C(=O)NC(C)C)cc1. The molecular formula is C23H31N3O4. The van der Waals surface area contributed by atoms with Crippen LogP contribution in [0.3, 0.4) is 0 Å². The molecule has 1 aliphatic heterocycles. The quantitative estimate of drug-likeness (QED) is 0.717. The number of hydrogen-bond acceptors (Lipinski definition) is 5. The molecule has 0 spiro atoms. The highest BCUT2D eigenvalue weighted by atomic mass is 16.5. The van der Waals surface area contributed by atoms with Crippen LogP contribution < -0.4 is 10.1 Å². The first-order valence-electron chi connectivity index (χ1n) is 10.6.